The Kier molecular flexibility index (Phi) is 4.83. The molecule has 8 heteroatoms. The lowest BCUT2D eigenvalue weighted by Crippen LogP contribution is -2.55. The zero-order valence-electron chi connectivity index (χ0n) is 17.4. The van der Waals surface area contributed by atoms with Gasteiger partial charge in [0.15, 0.2) is 5.11 Å². The van der Waals surface area contributed by atoms with Crippen LogP contribution in [-0.2, 0) is 4.79 Å². The topological polar surface area (TPSA) is 62.9 Å². The molecule has 3 heterocycles. The summed E-state index contributed by atoms with van der Waals surface area (Å²) in [6.07, 6.45) is 7.34. The van der Waals surface area contributed by atoms with Gasteiger partial charge in [-0.25, -0.2) is 0 Å². The van der Waals surface area contributed by atoms with E-state index in [-0.39, 0.29) is 5.91 Å². The molecule has 32 heavy (non-hydrogen) atoms. The Labute approximate surface area is 191 Å². The molecule has 1 saturated heterocycles. The number of aryl methyl sites for hydroxylation is 1. The van der Waals surface area contributed by atoms with Gasteiger partial charge in [0.25, 0.3) is 11.7 Å². The minimum Gasteiger partial charge on any atom is -0.456 e. The molecule has 158 valence electrons. The van der Waals surface area contributed by atoms with E-state index in [1.807, 2.05) is 48.2 Å². The highest BCUT2D eigenvalue weighted by Crippen LogP contribution is 2.48. The number of carbonyl (C=O) groups excluding carboxylic acids is 1. The first-order valence-corrected chi connectivity index (χ1v) is 10.7. The number of pyridine rings is 2. The lowest BCUT2D eigenvalue weighted by Gasteiger charge is -2.43. The highest BCUT2D eigenvalue weighted by Gasteiger charge is 2.59. The highest BCUT2D eigenvalue weighted by molar-refractivity contribution is 7.81. The third-order valence-electron chi connectivity index (χ3n) is 5.96. The van der Waals surface area contributed by atoms with Crippen molar-refractivity contribution in [3.05, 3.63) is 78.0 Å². The van der Waals surface area contributed by atoms with E-state index < -0.39 is 5.54 Å². The Balaban J connectivity index is 1.47. The summed E-state index contributed by atoms with van der Waals surface area (Å²) in [4.78, 5) is 28.7. The first-order valence-electron chi connectivity index (χ1n) is 10.2. The largest absolute Gasteiger partial charge is 0.456 e. The van der Waals surface area contributed by atoms with Crippen molar-refractivity contribution in [2.24, 2.45) is 0 Å². The maximum Gasteiger partial charge on any atom is 0.272 e. The fourth-order valence-corrected chi connectivity index (χ4v) is 4.68. The van der Waals surface area contributed by atoms with Gasteiger partial charge in [0.1, 0.15) is 23.2 Å². The second-order valence-electron chi connectivity index (χ2n) is 7.87. The number of aromatic nitrogens is 2. The normalized spacial score (nSPS) is 16.8. The monoisotopic (exact) mass is 441 g/mol. The van der Waals surface area contributed by atoms with E-state index in [0.29, 0.717) is 33.7 Å². The minimum atomic E-state index is -0.671. The summed E-state index contributed by atoms with van der Waals surface area (Å²) in [5.74, 6) is 1.61. The molecule has 0 atom stereocenters. The zero-order chi connectivity index (χ0) is 22.3. The van der Waals surface area contributed by atoms with E-state index in [1.54, 1.807) is 29.6 Å². The van der Waals surface area contributed by atoms with Gasteiger partial charge < -0.3 is 14.5 Å². The standard InChI is InChI=1S/C24H19N5O2S/c1-16-13-18(14-27-21(16)25-2)28-22(30)24(10-4-11-24)29(23(28)32)17-6-8-19(9-7-17)31-20-5-3-12-26-15-20/h3,5-9,12-15H,4,10-11H2,1H3. The summed E-state index contributed by atoms with van der Waals surface area (Å²) in [5.41, 5.74) is 1.47. The molecular weight excluding hydrogens is 422 g/mol. The highest BCUT2D eigenvalue weighted by atomic mass is 32.1. The van der Waals surface area contributed by atoms with Gasteiger partial charge in [-0.2, -0.15) is 0 Å². The first-order chi connectivity index (χ1) is 15.5. The average molecular weight is 442 g/mol. The van der Waals surface area contributed by atoms with Crippen LogP contribution in [0.15, 0.2) is 61.1 Å². The molecule has 0 N–H and O–H groups in total. The SMILES string of the molecule is [C-]#[N+]c1ncc(N2C(=O)C3(CCC3)N(c3ccc(Oc4cccnc4)cc3)C2=S)cc1C. The minimum absolute atomic E-state index is 0.0406. The van der Waals surface area contributed by atoms with Crippen LogP contribution in [0.5, 0.6) is 11.5 Å². The maximum atomic E-state index is 13.6. The third-order valence-corrected chi connectivity index (χ3v) is 6.32. The molecule has 0 radical (unpaired) electrons. The van der Waals surface area contributed by atoms with Crippen molar-refractivity contribution < 1.29 is 9.53 Å². The van der Waals surface area contributed by atoms with Crippen LogP contribution in [0.1, 0.15) is 24.8 Å². The van der Waals surface area contributed by atoms with Crippen molar-refractivity contribution in [3.8, 4) is 11.5 Å². The van der Waals surface area contributed by atoms with Crippen LogP contribution >= 0.6 is 12.2 Å². The molecule has 0 bridgehead atoms. The summed E-state index contributed by atoms with van der Waals surface area (Å²) in [5, 5.41) is 0.424. The fraction of sp³-hybridized carbons (Fsp3) is 0.208. The number of nitrogens with zero attached hydrogens (tertiary/aromatic N) is 5. The Morgan fingerprint density at radius 1 is 1.12 bits per heavy atom. The van der Waals surface area contributed by atoms with Crippen LogP contribution in [0, 0.1) is 13.5 Å². The summed E-state index contributed by atoms with van der Waals surface area (Å²) >= 11 is 5.80. The van der Waals surface area contributed by atoms with E-state index in [2.05, 4.69) is 14.8 Å². The van der Waals surface area contributed by atoms with Crippen molar-refractivity contribution in [2.75, 3.05) is 9.80 Å². The first kappa shape index (κ1) is 20.1. The van der Waals surface area contributed by atoms with E-state index in [1.165, 1.54) is 0 Å². The van der Waals surface area contributed by atoms with Gasteiger partial charge in [0.2, 0.25) is 0 Å². The number of ether oxygens (including phenoxy) is 1. The fourth-order valence-electron chi connectivity index (χ4n) is 4.21. The van der Waals surface area contributed by atoms with Crippen molar-refractivity contribution in [1.29, 1.82) is 0 Å². The van der Waals surface area contributed by atoms with Gasteiger partial charge in [0.05, 0.1) is 11.9 Å². The van der Waals surface area contributed by atoms with E-state index >= 15 is 0 Å². The van der Waals surface area contributed by atoms with Crippen molar-refractivity contribution in [1.82, 2.24) is 9.97 Å². The maximum absolute atomic E-state index is 13.6. The molecule has 1 saturated carbocycles. The molecule has 0 unspecified atom stereocenters. The summed E-state index contributed by atoms with van der Waals surface area (Å²) in [6.45, 7) is 9.02. The summed E-state index contributed by atoms with van der Waals surface area (Å²) < 4.78 is 5.84. The molecule has 1 aromatic carbocycles. The number of carbonyl (C=O) groups is 1. The number of hydrogen-bond donors (Lipinski definition) is 0. The van der Waals surface area contributed by atoms with Crippen molar-refractivity contribution in [3.63, 3.8) is 0 Å². The predicted molar refractivity (Wildman–Crippen MR) is 125 cm³/mol. The molecule has 1 aliphatic heterocycles. The number of benzene rings is 1. The Morgan fingerprint density at radius 3 is 2.50 bits per heavy atom. The van der Waals surface area contributed by atoms with Crippen LogP contribution < -0.4 is 14.5 Å². The predicted octanol–water partition coefficient (Wildman–Crippen LogP) is 5.19. The van der Waals surface area contributed by atoms with Crippen LogP contribution in [0.2, 0.25) is 0 Å². The van der Waals surface area contributed by atoms with Gasteiger partial charge in [-0.3, -0.25) is 14.7 Å². The third kappa shape index (κ3) is 3.10. The lowest BCUT2D eigenvalue weighted by atomic mass is 9.75. The Bertz CT molecular complexity index is 1250. The second-order valence-corrected chi connectivity index (χ2v) is 8.24. The summed E-state index contributed by atoms with van der Waals surface area (Å²) in [6, 6.07) is 13.0. The van der Waals surface area contributed by atoms with Gasteiger partial charge in [-0.1, -0.05) is 6.57 Å². The number of hydrogen-bond acceptors (Lipinski definition) is 5. The zero-order valence-corrected chi connectivity index (χ0v) is 18.2. The Morgan fingerprint density at radius 2 is 1.91 bits per heavy atom. The van der Waals surface area contributed by atoms with Gasteiger partial charge in [-0.05, 0) is 86.4 Å². The molecule has 1 amide bonds. The second kappa shape index (κ2) is 7.70. The lowest BCUT2D eigenvalue weighted by molar-refractivity contribution is -0.123. The number of thiocarbonyl (C=S) groups is 1. The molecule has 2 aliphatic rings. The number of amides is 1. The van der Waals surface area contributed by atoms with Crippen LogP contribution in [-0.4, -0.2) is 26.5 Å². The van der Waals surface area contributed by atoms with Crippen molar-refractivity contribution in [2.45, 2.75) is 31.7 Å². The molecule has 5 rings (SSSR count). The molecule has 7 nitrogen and oxygen atoms in total. The molecular formula is C24H19N5O2S. The quantitative estimate of drug-likeness (QED) is 0.410. The molecule has 2 fully saturated rings. The smallest absolute Gasteiger partial charge is 0.272 e. The van der Waals surface area contributed by atoms with Crippen LogP contribution in [0.3, 0.4) is 0 Å². The summed E-state index contributed by atoms with van der Waals surface area (Å²) in [7, 11) is 0. The van der Waals surface area contributed by atoms with Crippen LogP contribution in [0.4, 0.5) is 17.2 Å². The average Bonchev–Trinajstić information content (AvgIpc) is 3.02. The van der Waals surface area contributed by atoms with Crippen molar-refractivity contribution >= 4 is 40.4 Å². The van der Waals surface area contributed by atoms with Gasteiger partial charge in [0, 0.05) is 11.9 Å². The van der Waals surface area contributed by atoms with E-state index in [9.17, 15) is 4.79 Å². The van der Waals surface area contributed by atoms with Crippen LogP contribution in [0.25, 0.3) is 4.85 Å². The van der Waals surface area contributed by atoms with E-state index in [0.717, 1.165) is 24.9 Å². The van der Waals surface area contributed by atoms with Gasteiger partial charge >= 0.3 is 0 Å². The number of rotatable bonds is 4. The molecule has 2 aromatic heterocycles. The number of anilines is 2. The Hall–Kier alpha value is -3.83. The molecule has 1 aliphatic carbocycles. The molecule has 3 aromatic rings. The van der Waals surface area contributed by atoms with Gasteiger partial charge in [-0.15, -0.1) is 4.98 Å². The van der Waals surface area contributed by atoms with E-state index in [4.69, 9.17) is 23.5 Å². The molecule has 1 spiro atoms.